The van der Waals surface area contributed by atoms with E-state index in [1.165, 1.54) is 18.9 Å². The van der Waals surface area contributed by atoms with Crippen molar-refractivity contribution in [3.63, 3.8) is 0 Å². The molecule has 45 heavy (non-hydrogen) atoms. The van der Waals surface area contributed by atoms with E-state index in [1.807, 2.05) is 26.0 Å². The summed E-state index contributed by atoms with van der Waals surface area (Å²) < 4.78 is 18.7. The van der Waals surface area contributed by atoms with E-state index in [-0.39, 0.29) is 31.1 Å². The van der Waals surface area contributed by atoms with E-state index in [0.29, 0.717) is 5.75 Å². The van der Waals surface area contributed by atoms with Gasteiger partial charge in [0.05, 0.1) is 40.3 Å². The number of rotatable bonds is 9. The predicted molar refractivity (Wildman–Crippen MR) is 174 cm³/mol. The molecule has 0 fully saturated rings. The van der Waals surface area contributed by atoms with Crippen molar-refractivity contribution in [1.29, 1.82) is 0 Å². The topological polar surface area (TPSA) is 137 Å². The van der Waals surface area contributed by atoms with Crippen LogP contribution < -0.4 is 5.32 Å². The molecule has 1 aliphatic heterocycles. The average molecular weight is 638 g/mol. The quantitative estimate of drug-likeness (QED) is 0.289. The number of ether oxygens (including phenoxy) is 3. The Labute approximate surface area is 268 Å². The Bertz CT molecular complexity index is 1630. The van der Waals surface area contributed by atoms with Crippen LogP contribution in [-0.4, -0.2) is 75.0 Å². The first-order valence-corrected chi connectivity index (χ1v) is 16.2. The number of carbonyl (C=O) groups is 2. The Morgan fingerprint density at radius 1 is 1.18 bits per heavy atom. The van der Waals surface area contributed by atoms with E-state index in [2.05, 4.69) is 28.9 Å². The van der Waals surface area contributed by atoms with Crippen molar-refractivity contribution in [2.75, 3.05) is 26.6 Å². The van der Waals surface area contributed by atoms with E-state index in [4.69, 9.17) is 29.2 Å². The number of carbonyl (C=O) groups excluding carboxylic acids is 2. The molecule has 11 nitrogen and oxygen atoms in total. The van der Waals surface area contributed by atoms with Gasteiger partial charge in [-0.25, -0.2) is 14.6 Å². The molecule has 5 rings (SSSR count). The van der Waals surface area contributed by atoms with Crippen molar-refractivity contribution in [3.8, 4) is 11.3 Å². The van der Waals surface area contributed by atoms with E-state index in [9.17, 15) is 14.7 Å². The number of amides is 1. The fourth-order valence-electron chi connectivity index (χ4n) is 6.31. The number of pyridine rings is 2. The largest absolute Gasteiger partial charge is 0.467 e. The maximum absolute atomic E-state index is 12.5. The minimum Gasteiger partial charge on any atom is -0.467 e. The van der Waals surface area contributed by atoms with Crippen molar-refractivity contribution < 1.29 is 28.9 Å². The third-order valence-corrected chi connectivity index (χ3v) is 9.46. The van der Waals surface area contributed by atoms with Crippen LogP contribution >= 0.6 is 11.8 Å². The second kappa shape index (κ2) is 12.7. The summed E-state index contributed by atoms with van der Waals surface area (Å²) in [5.74, 6) is -0.136. The number of aryl methyl sites for hydroxylation is 1. The van der Waals surface area contributed by atoms with Gasteiger partial charge < -0.3 is 29.2 Å². The van der Waals surface area contributed by atoms with Crippen LogP contribution in [0.5, 0.6) is 0 Å². The number of alkyl carbamates (subject to hydrolysis) is 1. The lowest BCUT2D eigenvalue weighted by atomic mass is 9.67. The summed E-state index contributed by atoms with van der Waals surface area (Å²) in [7, 11) is 2.98. The summed E-state index contributed by atoms with van der Waals surface area (Å²) in [6, 6.07) is 6.95. The van der Waals surface area contributed by atoms with Gasteiger partial charge in [0.1, 0.15) is 23.8 Å². The zero-order chi connectivity index (χ0) is 32.7. The zero-order valence-electron chi connectivity index (χ0n) is 27.2. The Morgan fingerprint density at radius 2 is 1.93 bits per heavy atom. The first-order chi connectivity index (χ1) is 21.3. The van der Waals surface area contributed by atoms with Gasteiger partial charge in [0.2, 0.25) is 0 Å². The maximum atomic E-state index is 12.5. The highest BCUT2D eigenvalue weighted by Crippen LogP contribution is 2.56. The molecule has 0 saturated heterocycles. The molecule has 0 saturated carbocycles. The molecule has 3 aromatic heterocycles. The number of aliphatic hydroxyl groups excluding tert-OH is 1. The van der Waals surface area contributed by atoms with Gasteiger partial charge in [-0.1, -0.05) is 13.8 Å². The predicted octanol–water partition coefficient (Wildman–Crippen LogP) is 5.56. The van der Waals surface area contributed by atoms with Crippen LogP contribution in [0.2, 0.25) is 0 Å². The molecular formula is C33H43N5O6S. The van der Waals surface area contributed by atoms with Crippen LogP contribution in [-0.2, 0) is 25.5 Å². The van der Waals surface area contributed by atoms with Gasteiger partial charge in [0, 0.05) is 55.7 Å². The number of aromatic nitrogens is 3. The van der Waals surface area contributed by atoms with Crippen LogP contribution in [0.4, 0.5) is 4.79 Å². The number of nitrogens with one attached hydrogen (secondary N) is 1. The molecule has 0 bridgehead atoms. The van der Waals surface area contributed by atoms with Crippen LogP contribution in [0.3, 0.4) is 0 Å². The molecule has 1 aliphatic carbocycles. The lowest BCUT2D eigenvalue weighted by Gasteiger charge is -2.41. The van der Waals surface area contributed by atoms with E-state index in [1.54, 1.807) is 34.1 Å². The summed E-state index contributed by atoms with van der Waals surface area (Å²) in [6.45, 7) is 12.2. The number of fused-ring (bicyclic) bond motifs is 5. The molecule has 242 valence electrons. The fourth-order valence-corrected chi connectivity index (χ4v) is 7.39. The monoisotopic (exact) mass is 637 g/mol. The van der Waals surface area contributed by atoms with Gasteiger partial charge in [0.15, 0.2) is 0 Å². The summed E-state index contributed by atoms with van der Waals surface area (Å²) >= 11 is 1.53. The Hall–Kier alpha value is -3.48. The molecule has 0 aromatic carbocycles. The first kappa shape index (κ1) is 32.9. The van der Waals surface area contributed by atoms with Gasteiger partial charge in [-0.2, -0.15) is 0 Å². The van der Waals surface area contributed by atoms with Crippen molar-refractivity contribution in [2.24, 2.45) is 10.4 Å². The highest BCUT2D eigenvalue weighted by Gasteiger charge is 2.46. The number of thioether (sulfide) groups is 1. The van der Waals surface area contributed by atoms with Crippen LogP contribution in [0.25, 0.3) is 22.3 Å². The van der Waals surface area contributed by atoms with Gasteiger partial charge in [-0.3, -0.25) is 9.98 Å². The molecule has 0 radical (unpaired) electrons. The average Bonchev–Trinajstić information content (AvgIpc) is 3.60. The van der Waals surface area contributed by atoms with Crippen LogP contribution in [0.1, 0.15) is 83.0 Å². The fraction of sp³-hybridized carbons (Fsp3) is 0.545. The number of aliphatic imine (C=N–C) groups is 1. The number of hydrogen-bond donors (Lipinski definition) is 2. The molecule has 4 heterocycles. The molecule has 0 spiro atoms. The maximum Gasteiger partial charge on any atom is 0.408 e. The third kappa shape index (κ3) is 6.32. The second-order valence-corrected chi connectivity index (χ2v) is 14.2. The summed E-state index contributed by atoms with van der Waals surface area (Å²) in [4.78, 5) is 39.9. The Kier molecular flexibility index (Phi) is 9.30. The van der Waals surface area contributed by atoms with Gasteiger partial charge >= 0.3 is 12.1 Å². The summed E-state index contributed by atoms with van der Waals surface area (Å²) in [5.41, 5.74) is 5.39. The smallest absolute Gasteiger partial charge is 0.408 e. The van der Waals surface area contributed by atoms with Crippen LogP contribution in [0, 0.1) is 5.41 Å². The SMILES string of the molecule is CCn1c2c(c3nc(C4CSC(C[C@H](NC(=O)OC(C)(C)C)C(=O)OC)=N4)ccc31)C(C(C)(C)CO)[C@H](OC)c1ncccc1-2. The van der Waals surface area contributed by atoms with E-state index in [0.717, 1.165) is 50.8 Å². The molecular weight excluding hydrogens is 594 g/mol. The minimum absolute atomic E-state index is 0.0385. The number of esters is 1. The lowest BCUT2D eigenvalue weighted by molar-refractivity contribution is -0.142. The van der Waals surface area contributed by atoms with Gasteiger partial charge in [-0.15, -0.1) is 11.8 Å². The third-order valence-electron chi connectivity index (χ3n) is 8.37. The van der Waals surface area contributed by atoms with E-state index < -0.39 is 29.1 Å². The molecule has 2 N–H and O–H groups in total. The normalized spacial score (nSPS) is 20.3. The summed E-state index contributed by atoms with van der Waals surface area (Å²) in [5, 5.41) is 13.9. The molecule has 12 heteroatoms. The first-order valence-electron chi connectivity index (χ1n) is 15.2. The number of nitrogens with zero attached hydrogens (tertiary/aromatic N) is 4. The number of aliphatic hydroxyl groups is 1. The molecule has 1 amide bonds. The number of methoxy groups -OCH3 is 2. The molecule has 4 atom stereocenters. The van der Waals surface area contributed by atoms with Crippen molar-refractivity contribution >= 4 is 39.9 Å². The Balaban J connectivity index is 1.54. The van der Waals surface area contributed by atoms with Crippen molar-refractivity contribution in [1.82, 2.24) is 19.9 Å². The standard InChI is InChI=1S/C33H43N5O6S/c1-9-38-22-13-12-19(21-16-45-23(35-21)15-20(30(40)43-8)37-31(41)44-32(2,3)4)36-27(22)24-25(33(5,6)17-39)29(42-7)26-18(28(24)38)11-10-14-34-26/h10-14,20-21,25,29,39H,9,15-17H2,1-8H3,(H,37,41)/t20-,21?,25?,29-/m0/s1. The zero-order valence-corrected chi connectivity index (χ0v) is 28.0. The molecule has 2 unspecified atom stereocenters. The highest BCUT2D eigenvalue weighted by atomic mass is 32.2. The van der Waals surface area contributed by atoms with Crippen molar-refractivity contribution in [3.05, 3.63) is 47.4 Å². The molecule has 3 aromatic rings. The minimum atomic E-state index is -0.933. The molecule has 2 aliphatic rings. The Morgan fingerprint density at radius 3 is 2.58 bits per heavy atom. The van der Waals surface area contributed by atoms with E-state index >= 15 is 0 Å². The van der Waals surface area contributed by atoms with Crippen molar-refractivity contribution in [2.45, 2.75) is 84.2 Å². The van der Waals surface area contributed by atoms with Crippen LogP contribution in [0.15, 0.2) is 35.5 Å². The number of hydrogen-bond acceptors (Lipinski definition) is 10. The van der Waals surface area contributed by atoms with Gasteiger partial charge in [0.25, 0.3) is 0 Å². The van der Waals surface area contributed by atoms with Gasteiger partial charge in [-0.05, 0) is 57.4 Å². The summed E-state index contributed by atoms with van der Waals surface area (Å²) in [6.07, 6.45) is 0.914. The lowest BCUT2D eigenvalue weighted by Crippen LogP contribution is -2.44. The second-order valence-electron chi connectivity index (χ2n) is 13.1. The highest BCUT2D eigenvalue weighted by molar-refractivity contribution is 8.14.